The molecule has 0 heterocycles. The number of hydrogen-bond donors (Lipinski definition) is 0. The Balaban J connectivity index is 0. The predicted molar refractivity (Wildman–Crippen MR) is 57.8 cm³/mol. The summed E-state index contributed by atoms with van der Waals surface area (Å²) in [5.41, 5.74) is 0. The first-order chi connectivity index (χ1) is 7.12. The maximum absolute atomic E-state index is 10.3. The van der Waals surface area contributed by atoms with Gasteiger partial charge in [-0.1, -0.05) is 27.0 Å². The molecule has 0 aromatic heterocycles. The van der Waals surface area contributed by atoms with E-state index in [-0.39, 0.29) is 11.9 Å². The molecule has 86 valence electrons. The van der Waals surface area contributed by atoms with Crippen molar-refractivity contribution in [2.24, 2.45) is 0 Å². The summed E-state index contributed by atoms with van der Waals surface area (Å²) < 4.78 is 8.72. The van der Waals surface area contributed by atoms with Crippen LogP contribution in [0.25, 0.3) is 0 Å². The summed E-state index contributed by atoms with van der Waals surface area (Å²) in [7, 11) is 0. The standard InChI is InChI=1S/C6H10O2.C5H8O2/c1-3-5-6(7)8-4-2;1-3-5(6)7-4-2/h4H,2-3,5H2,1H3;4H,2-3H2,1H3. The molecule has 0 atom stereocenters. The van der Waals surface area contributed by atoms with Gasteiger partial charge < -0.3 is 9.47 Å². The van der Waals surface area contributed by atoms with Gasteiger partial charge in [0.1, 0.15) is 0 Å². The summed E-state index contributed by atoms with van der Waals surface area (Å²) in [5.74, 6) is -0.447. The van der Waals surface area contributed by atoms with Crippen molar-refractivity contribution in [2.75, 3.05) is 0 Å². The van der Waals surface area contributed by atoms with Gasteiger partial charge in [0.25, 0.3) is 0 Å². The van der Waals surface area contributed by atoms with E-state index in [1.54, 1.807) is 6.92 Å². The van der Waals surface area contributed by atoms with Crippen LogP contribution >= 0.6 is 0 Å². The normalized spacial score (nSPS) is 7.87. The number of rotatable bonds is 5. The van der Waals surface area contributed by atoms with Crippen molar-refractivity contribution in [3.05, 3.63) is 25.7 Å². The molecule has 4 heteroatoms. The van der Waals surface area contributed by atoms with Crippen molar-refractivity contribution in [1.82, 2.24) is 0 Å². The molecule has 0 spiro atoms. The lowest BCUT2D eigenvalue weighted by molar-refractivity contribution is -0.138. The molecule has 0 saturated carbocycles. The predicted octanol–water partition coefficient (Wildman–Crippen LogP) is 2.56. The molecule has 4 nitrogen and oxygen atoms in total. The van der Waals surface area contributed by atoms with Crippen molar-refractivity contribution in [1.29, 1.82) is 0 Å². The molecular weight excluding hydrogens is 196 g/mol. The number of hydrogen-bond acceptors (Lipinski definition) is 4. The van der Waals surface area contributed by atoms with Crippen molar-refractivity contribution < 1.29 is 19.1 Å². The fraction of sp³-hybridized carbons (Fsp3) is 0.455. The van der Waals surface area contributed by atoms with Crippen LogP contribution in [-0.4, -0.2) is 11.9 Å². The molecule has 0 saturated heterocycles. The van der Waals surface area contributed by atoms with Gasteiger partial charge in [-0.15, -0.1) is 0 Å². The van der Waals surface area contributed by atoms with Gasteiger partial charge in [0.15, 0.2) is 0 Å². The van der Waals surface area contributed by atoms with E-state index in [1.807, 2.05) is 6.92 Å². The SMILES string of the molecule is C=COC(=O)CC.C=COC(=O)CCC. The van der Waals surface area contributed by atoms with Crippen LogP contribution in [0.15, 0.2) is 25.7 Å². The third-order valence-electron chi connectivity index (χ3n) is 1.17. The average Bonchev–Trinajstić information content (AvgIpc) is 2.20. The average molecular weight is 214 g/mol. The van der Waals surface area contributed by atoms with Crippen LogP contribution in [0.3, 0.4) is 0 Å². The van der Waals surface area contributed by atoms with Crippen LogP contribution in [0.1, 0.15) is 33.1 Å². The van der Waals surface area contributed by atoms with Crippen molar-refractivity contribution in [2.45, 2.75) is 33.1 Å². The van der Waals surface area contributed by atoms with Crippen molar-refractivity contribution >= 4 is 11.9 Å². The smallest absolute Gasteiger partial charge is 0.310 e. The summed E-state index contributed by atoms with van der Waals surface area (Å²) in [4.78, 5) is 20.5. The molecule has 0 bridgehead atoms. The largest absolute Gasteiger partial charge is 0.435 e. The van der Waals surface area contributed by atoms with Crippen LogP contribution in [0.5, 0.6) is 0 Å². The molecule has 0 radical (unpaired) electrons. The Kier molecular flexibility index (Phi) is 13.1. The summed E-state index contributed by atoms with van der Waals surface area (Å²) in [6.45, 7) is 10.1. The number of ether oxygens (including phenoxy) is 2. The minimum Gasteiger partial charge on any atom is -0.435 e. The molecule has 0 amide bonds. The Labute approximate surface area is 90.6 Å². The van der Waals surface area contributed by atoms with Gasteiger partial charge in [0.2, 0.25) is 0 Å². The summed E-state index contributed by atoms with van der Waals surface area (Å²) >= 11 is 0. The quantitative estimate of drug-likeness (QED) is 0.521. The summed E-state index contributed by atoms with van der Waals surface area (Å²) in [5, 5.41) is 0. The van der Waals surface area contributed by atoms with Gasteiger partial charge in [-0.2, -0.15) is 0 Å². The minimum absolute atomic E-state index is 0.206. The zero-order valence-corrected chi connectivity index (χ0v) is 9.32. The molecule has 15 heavy (non-hydrogen) atoms. The second kappa shape index (κ2) is 12.4. The molecule has 0 aromatic rings. The lowest BCUT2D eigenvalue weighted by atomic mass is 10.3. The molecule has 0 N–H and O–H groups in total. The fourth-order valence-electron chi connectivity index (χ4n) is 0.532. The van der Waals surface area contributed by atoms with E-state index in [9.17, 15) is 9.59 Å². The molecule has 0 unspecified atom stereocenters. The third kappa shape index (κ3) is 15.2. The highest BCUT2D eigenvalue weighted by molar-refractivity contribution is 5.69. The highest BCUT2D eigenvalue weighted by Crippen LogP contribution is 1.89. The van der Waals surface area contributed by atoms with Gasteiger partial charge in [0, 0.05) is 12.8 Å². The van der Waals surface area contributed by atoms with Crippen LogP contribution in [0, 0.1) is 0 Å². The van der Waals surface area contributed by atoms with Gasteiger partial charge in [-0.25, -0.2) is 0 Å². The molecule has 0 aliphatic carbocycles. The van der Waals surface area contributed by atoms with Crippen molar-refractivity contribution in [3.63, 3.8) is 0 Å². The zero-order chi connectivity index (χ0) is 12.1. The zero-order valence-electron chi connectivity index (χ0n) is 9.32. The molecule has 0 aliphatic heterocycles. The maximum Gasteiger partial charge on any atom is 0.310 e. The Morgan fingerprint density at radius 1 is 1.07 bits per heavy atom. The first kappa shape index (κ1) is 15.9. The van der Waals surface area contributed by atoms with E-state index in [0.29, 0.717) is 12.8 Å². The summed E-state index contributed by atoms with van der Waals surface area (Å²) in [6.07, 6.45) is 3.99. The van der Waals surface area contributed by atoms with Gasteiger partial charge >= 0.3 is 11.9 Å². The first-order valence-corrected chi connectivity index (χ1v) is 4.73. The second-order valence-electron chi connectivity index (χ2n) is 2.42. The topological polar surface area (TPSA) is 52.6 Å². The van der Waals surface area contributed by atoms with Gasteiger partial charge in [-0.3, -0.25) is 9.59 Å². The number of carbonyl (C=O) groups excluding carboxylic acids is 2. The highest BCUT2D eigenvalue weighted by atomic mass is 16.5. The van der Waals surface area contributed by atoms with Crippen LogP contribution in [0.2, 0.25) is 0 Å². The van der Waals surface area contributed by atoms with E-state index in [1.165, 1.54) is 0 Å². The monoisotopic (exact) mass is 214 g/mol. The Hall–Kier alpha value is -1.58. The van der Waals surface area contributed by atoms with E-state index >= 15 is 0 Å². The Bertz CT molecular complexity index is 209. The lowest BCUT2D eigenvalue weighted by Crippen LogP contribution is -1.96. The molecule has 0 aromatic carbocycles. The lowest BCUT2D eigenvalue weighted by Gasteiger charge is -1.92. The number of carbonyl (C=O) groups is 2. The molecule has 0 aliphatic rings. The van der Waals surface area contributed by atoms with Gasteiger partial charge in [-0.05, 0) is 6.42 Å². The second-order valence-corrected chi connectivity index (χ2v) is 2.42. The molecule has 0 rings (SSSR count). The van der Waals surface area contributed by atoms with E-state index in [2.05, 4.69) is 22.6 Å². The molecule has 0 fully saturated rings. The van der Waals surface area contributed by atoms with E-state index in [0.717, 1.165) is 18.9 Å². The first-order valence-electron chi connectivity index (χ1n) is 4.73. The van der Waals surface area contributed by atoms with Crippen LogP contribution in [0.4, 0.5) is 0 Å². The Morgan fingerprint density at radius 3 is 1.80 bits per heavy atom. The van der Waals surface area contributed by atoms with Crippen molar-refractivity contribution in [3.8, 4) is 0 Å². The molecular formula is C11H18O4. The van der Waals surface area contributed by atoms with Gasteiger partial charge in [0.05, 0.1) is 12.5 Å². The minimum atomic E-state index is -0.241. The van der Waals surface area contributed by atoms with Crippen LogP contribution in [-0.2, 0) is 19.1 Å². The fourth-order valence-corrected chi connectivity index (χ4v) is 0.532. The summed E-state index contributed by atoms with van der Waals surface area (Å²) in [6, 6.07) is 0. The van der Waals surface area contributed by atoms with E-state index in [4.69, 9.17) is 0 Å². The maximum atomic E-state index is 10.3. The van der Waals surface area contributed by atoms with E-state index < -0.39 is 0 Å². The van der Waals surface area contributed by atoms with Crippen LogP contribution < -0.4 is 0 Å². The number of esters is 2. The Morgan fingerprint density at radius 2 is 1.53 bits per heavy atom. The third-order valence-corrected chi connectivity index (χ3v) is 1.17. The highest BCUT2D eigenvalue weighted by Gasteiger charge is 1.94.